The average Bonchev–Trinajstić information content (AvgIpc) is 2.38. The van der Waals surface area contributed by atoms with Crippen LogP contribution in [0.4, 0.5) is 0 Å². The van der Waals surface area contributed by atoms with Gasteiger partial charge in [0.15, 0.2) is 0 Å². The second-order valence-corrected chi connectivity index (χ2v) is 5.00. The van der Waals surface area contributed by atoms with Crippen molar-refractivity contribution in [2.24, 2.45) is 5.73 Å². The summed E-state index contributed by atoms with van der Waals surface area (Å²) in [7, 11) is 0. The zero-order valence-electron chi connectivity index (χ0n) is 10.8. The van der Waals surface area contributed by atoms with Crippen molar-refractivity contribution in [1.29, 1.82) is 0 Å². The van der Waals surface area contributed by atoms with Crippen LogP contribution in [0.25, 0.3) is 0 Å². The van der Waals surface area contributed by atoms with Gasteiger partial charge < -0.3 is 10.5 Å². The van der Waals surface area contributed by atoms with Gasteiger partial charge in [-0.2, -0.15) is 0 Å². The standard InChI is InChI=1S/C15H17ClN2O/c1-11(17)8-13-2-3-15(14(16)9-13)19-10-12-4-6-18-7-5-12/h2-7,9,11H,8,10,17H2,1H3. The lowest BCUT2D eigenvalue weighted by atomic mass is 10.1. The minimum atomic E-state index is 0.125. The van der Waals surface area contributed by atoms with Crippen molar-refractivity contribution in [1.82, 2.24) is 4.98 Å². The highest BCUT2D eigenvalue weighted by Gasteiger charge is 2.05. The van der Waals surface area contributed by atoms with Gasteiger partial charge in [0.1, 0.15) is 12.4 Å². The van der Waals surface area contributed by atoms with E-state index in [1.54, 1.807) is 12.4 Å². The van der Waals surface area contributed by atoms with Crippen molar-refractivity contribution in [3.05, 3.63) is 58.9 Å². The third-order valence-electron chi connectivity index (χ3n) is 2.70. The number of hydrogen-bond donors (Lipinski definition) is 1. The van der Waals surface area contributed by atoms with Crippen molar-refractivity contribution in [3.63, 3.8) is 0 Å². The van der Waals surface area contributed by atoms with Crippen LogP contribution in [0.3, 0.4) is 0 Å². The first-order valence-corrected chi connectivity index (χ1v) is 6.58. The number of rotatable bonds is 5. The Morgan fingerprint density at radius 3 is 2.58 bits per heavy atom. The fourth-order valence-electron chi connectivity index (χ4n) is 1.80. The van der Waals surface area contributed by atoms with Crippen molar-refractivity contribution in [2.75, 3.05) is 0 Å². The molecule has 2 N–H and O–H groups in total. The number of hydrogen-bond acceptors (Lipinski definition) is 3. The molecule has 0 aliphatic carbocycles. The molecule has 1 unspecified atom stereocenters. The molecule has 0 saturated heterocycles. The van der Waals surface area contributed by atoms with Crippen molar-refractivity contribution in [3.8, 4) is 5.75 Å². The lowest BCUT2D eigenvalue weighted by Gasteiger charge is -2.10. The van der Waals surface area contributed by atoms with Crippen molar-refractivity contribution in [2.45, 2.75) is 26.0 Å². The lowest BCUT2D eigenvalue weighted by molar-refractivity contribution is 0.306. The molecule has 0 amide bonds. The minimum Gasteiger partial charge on any atom is -0.487 e. The van der Waals surface area contributed by atoms with Crippen molar-refractivity contribution < 1.29 is 4.74 Å². The molecule has 4 heteroatoms. The van der Waals surface area contributed by atoms with Crippen LogP contribution in [0.2, 0.25) is 5.02 Å². The maximum Gasteiger partial charge on any atom is 0.138 e. The van der Waals surface area contributed by atoms with E-state index in [1.807, 2.05) is 37.3 Å². The van der Waals surface area contributed by atoms with E-state index in [0.29, 0.717) is 17.4 Å². The van der Waals surface area contributed by atoms with E-state index in [0.717, 1.165) is 17.5 Å². The summed E-state index contributed by atoms with van der Waals surface area (Å²) in [6.45, 7) is 2.45. The van der Waals surface area contributed by atoms with E-state index in [-0.39, 0.29) is 6.04 Å². The summed E-state index contributed by atoms with van der Waals surface area (Å²) < 4.78 is 5.69. The highest BCUT2D eigenvalue weighted by molar-refractivity contribution is 6.32. The summed E-state index contributed by atoms with van der Waals surface area (Å²) in [6, 6.07) is 9.75. The van der Waals surface area contributed by atoms with E-state index in [9.17, 15) is 0 Å². The van der Waals surface area contributed by atoms with Crippen LogP contribution in [0.15, 0.2) is 42.7 Å². The predicted molar refractivity (Wildman–Crippen MR) is 77.4 cm³/mol. The number of halogens is 1. The van der Waals surface area contributed by atoms with E-state index in [2.05, 4.69) is 4.98 Å². The van der Waals surface area contributed by atoms with Gasteiger partial charge >= 0.3 is 0 Å². The largest absolute Gasteiger partial charge is 0.487 e. The van der Waals surface area contributed by atoms with Crippen LogP contribution in [0.1, 0.15) is 18.1 Å². The van der Waals surface area contributed by atoms with Crippen LogP contribution in [-0.4, -0.2) is 11.0 Å². The van der Waals surface area contributed by atoms with E-state index < -0.39 is 0 Å². The molecule has 2 rings (SSSR count). The van der Waals surface area contributed by atoms with Gasteiger partial charge in [0, 0.05) is 18.4 Å². The van der Waals surface area contributed by atoms with Crippen molar-refractivity contribution >= 4 is 11.6 Å². The summed E-state index contributed by atoms with van der Waals surface area (Å²) in [5.41, 5.74) is 7.95. The molecule has 1 aromatic heterocycles. The monoisotopic (exact) mass is 276 g/mol. The molecule has 1 atom stereocenters. The first-order valence-electron chi connectivity index (χ1n) is 6.21. The molecular formula is C15H17ClN2O. The highest BCUT2D eigenvalue weighted by atomic mass is 35.5. The Kier molecular flexibility index (Phi) is 4.77. The van der Waals surface area contributed by atoms with Crippen LogP contribution in [0.5, 0.6) is 5.75 Å². The SMILES string of the molecule is CC(N)Cc1ccc(OCc2ccncc2)c(Cl)c1. The normalized spacial score (nSPS) is 12.2. The van der Waals surface area contributed by atoms with Crippen LogP contribution < -0.4 is 10.5 Å². The molecule has 0 fully saturated rings. The molecule has 19 heavy (non-hydrogen) atoms. The lowest BCUT2D eigenvalue weighted by Crippen LogP contribution is -2.17. The Morgan fingerprint density at radius 2 is 1.95 bits per heavy atom. The van der Waals surface area contributed by atoms with Crippen LogP contribution >= 0.6 is 11.6 Å². The van der Waals surface area contributed by atoms with Gasteiger partial charge in [-0.1, -0.05) is 17.7 Å². The highest BCUT2D eigenvalue weighted by Crippen LogP contribution is 2.26. The summed E-state index contributed by atoms with van der Waals surface area (Å²) in [6.07, 6.45) is 4.29. The van der Waals surface area contributed by atoms with E-state index >= 15 is 0 Å². The molecule has 1 heterocycles. The smallest absolute Gasteiger partial charge is 0.138 e. The first-order chi connectivity index (χ1) is 9.15. The van der Waals surface area contributed by atoms with Gasteiger partial charge in [-0.15, -0.1) is 0 Å². The fraction of sp³-hybridized carbons (Fsp3) is 0.267. The molecule has 100 valence electrons. The quantitative estimate of drug-likeness (QED) is 0.912. The summed E-state index contributed by atoms with van der Waals surface area (Å²) in [5, 5.41) is 0.618. The number of ether oxygens (including phenoxy) is 1. The third-order valence-corrected chi connectivity index (χ3v) is 2.99. The molecule has 0 radical (unpaired) electrons. The Bertz CT molecular complexity index is 529. The minimum absolute atomic E-state index is 0.125. The van der Waals surface area contributed by atoms with Crippen LogP contribution in [0, 0.1) is 0 Å². The maximum atomic E-state index is 6.20. The topological polar surface area (TPSA) is 48.1 Å². The third kappa shape index (κ3) is 4.23. The summed E-state index contributed by atoms with van der Waals surface area (Å²) >= 11 is 6.20. The fourth-order valence-corrected chi connectivity index (χ4v) is 2.06. The molecule has 3 nitrogen and oxygen atoms in total. The first kappa shape index (κ1) is 13.8. The number of nitrogens with two attached hydrogens (primary N) is 1. The molecule has 0 saturated carbocycles. The summed E-state index contributed by atoms with van der Waals surface area (Å²) in [5.74, 6) is 0.687. The zero-order chi connectivity index (χ0) is 13.7. The predicted octanol–water partition coefficient (Wildman–Crippen LogP) is 3.20. The number of aromatic nitrogens is 1. The average molecular weight is 277 g/mol. The molecule has 0 bridgehead atoms. The van der Waals surface area contributed by atoms with Gasteiger partial charge in [0.2, 0.25) is 0 Å². The molecule has 2 aromatic rings. The molecule has 0 aliphatic heterocycles. The Morgan fingerprint density at radius 1 is 1.21 bits per heavy atom. The molecule has 1 aromatic carbocycles. The maximum absolute atomic E-state index is 6.20. The van der Waals surface area contributed by atoms with Crippen LogP contribution in [-0.2, 0) is 13.0 Å². The second-order valence-electron chi connectivity index (χ2n) is 4.59. The van der Waals surface area contributed by atoms with E-state index in [4.69, 9.17) is 22.1 Å². The Hall–Kier alpha value is -1.58. The number of benzene rings is 1. The van der Waals surface area contributed by atoms with E-state index in [1.165, 1.54) is 0 Å². The number of nitrogens with zero attached hydrogens (tertiary/aromatic N) is 1. The van der Waals surface area contributed by atoms with Gasteiger partial charge in [-0.05, 0) is 48.7 Å². The molecule has 0 aliphatic rings. The molecular weight excluding hydrogens is 260 g/mol. The van der Waals surface area contributed by atoms with Gasteiger partial charge in [0.05, 0.1) is 5.02 Å². The van der Waals surface area contributed by atoms with Gasteiger partial charge in [-0.3, -0.25) is 4.98 Å². The zero-order valence-corrected chi connectivity index (χ0v) is 11.6. The Balaban J connectivity index is 2.01. The van der Waals surface area contributed by atoms with Gasteiger partial charge in [-0.25, -0.2) is 0 Å². The second kappa shape index (κ2) is 6.55. The number of pyridine rings is 1. The summed E-state index contributed by atoms with van der Waals surface area (Å²) in [4.78, 5) is 3.96. The molecule has 0 spiro atoms. The van der Waals surface area contributed by atoms with Gasteiger partial charge in [0.25, 0.3) is 0 Å². The Labute approximate surface area is 118 Å².